The monoisotopic (exact) mass is 294 g/mol. The van der Waals surface area contributed by atoms with Crippen LogP contribution in [0, 0.1) is 6.92 Å². The van der Waals surface area contributed by atoms with Crippen LogP contribution in [0.4, 0.5) is 5.69 Å². The van der Waals surface area contributed by atoms with Crippen LogP contribution in [0.5, 0.6) is 5.75 Å². The number of nitrogens with two attached hydrogens (primary N) is 1. The number of carbonyl (C=O) groups is 1. The van der Waals surface area contributed by atoms with Crippen LogP contribution in [0.1, 0.15) is 10.6 Å². The van der Waals surface area contributed by atoms with Gasteiger partial charge in [0.05, 0.1) is 12.9 Å². The highest BCUT2D eigenvalue weighted by molar-refractivity contribution is 8.00. The molecule has 0 radical (unpaired) electrons. The van der Waals surface area contributed by atoms with Crippen molar-refractivity contribution in [3.8, 4) is 5.75 Å². The zero-order chi connectivity index (χ0) is 14.7. The van der Waals surface area contributed by atoms with E-state index in [1.165, 1.54) is 24.9 Å². The number of benzene rings is 1. The first kappa shape index (κ1) is 14.3. The Balaban J connectivity index is 2.11. The molecule has 0 fully saturated rings. The maximum Gasteiger partial charge on any atom is 0.290 e. The molecule has 0 amide bonds. The zero-order valence-corrected chi connectivity index (χ0v) is 11.9. The fourth-order valence-electron chi connectivity index (χ4n) is 1.62. The molecule has 0 aliphatic carbocycles. The van der Waals surface area contributed by atoms with E-state index in [0.717, 1.165) is 9.64 Å². The molecular formula is C13H14N2O4S. The van der Waals surface area contributed by atoms with Crippen LogP contribution in [0.3, 0.4) is 0 Å². The van der Waals surface area contributed by atoms with Gasteiger partial charge in [-0.05, 0) is 19.1 Å². The standard InChI is InChI=1S/C13H14N2O4S/c1-8-5-12(16)15(19-8)13(17)7-20-11-4-3-9(14)6-10(11)18-2/h3-6H,7,14H2,1-2H3. The Morgan fingerprint density at radius 2 is 2.20 bits per heavy atom. The molecule has 0 saturated heterocycles. The fourth-order valence-corrected chi connectivity index (χ4v) is 2.47. The minimum Gasteiger partial charge on any atom is -0.496 e. The molecule has 106 valence electrons. The molecule has 0 atom stereocenters. The number of carbonyl (C=O) groups excluding carboxylic acids is 1. The Morgan fingerprint density at radius 1 is 1.45 bits per heavy atom. The number of thioether (sulfide) groups is 1. The Kier molecular flexibility index (Phi) is 4.19. The molecule has 0 spiro atoms. The minimum absolute atomic E-state index is 0.0626. The van der Waals surface area contributed by atoms with Gasteiger partial charge in [-0.2, -0.15) is 0 Å². The maximum absolute atomic E-state index is 11.9. The Hall–Kier alpha value is -2.15. The van der Waals surface area contributed by atoms with Crippen LogP contribution in [-0.4, -0.2) is 23.5 Å². The lowest BCUT2D eigenvalue weighted by atomic mass is 10.3. The van der Waals surface area contributed by atoms with Gasteiger partial charge in [0.15, 0.2) is 0 Å². The van der Waals surface area contributed by atoms with Crippen LogP contribution >= 0.6 is 11.8 Å². The Labute approximate surface area is 119 Å². The first-order valence-corrected chi connectivity index (χ1v) is 6.79. The normalized spacial score (nSPS) is 10.5. The van der Waals surface area contributed by atoms with Gasteiger partial charge >= 0.3 is 0 Å². The molecule has 1 aromatic carbocycles. The number of hydrogen-bond acceptors (Lipinski definition) is 6. The van der Waals surface area contributed by atoms with Gasteiger partial charge in [-0.1, -0.05) is 0 Å². The number of rotatable bonds is 4. The van der Waals surface area contributed by atoms with E-state index in [-0.39, 0.29) is 5.75 Å². The van der Waals surface area contributed by atoms with Gasteiger partial charge in [-0.25, -0.2) is 0 Å². The number of aromatic nitrogens is 1. The molecule has 1 heterocycles. The highest BCUT2D eigenvalue weighted by Gasteiger charge is 2.13. The number of ether oxygens (including phenoxy) is 1. The van der Waals surface area contributed by atoms with Gasteiger partial charge < -0.3 is 15.0 Å². The van der Waals surface area contributed by atoms with E-state index in [0.29, 0.717) is 17.2 Å². The molecule has 2 N–H and O–H groups in total. The highest BCUT2D eigenvalue weighted by atomic mass is 32.2. The van der Waals surface area contributed by atoms with Gasteiger partial charge in [0.25, 0.3) is 11.5 Å². The molecule has 6 nitrogen and oxygen atoms in total. The van der Waals surface area contributed by atoms with E-state index in [1.54, 1.807) is 25.1 Å². The van der Waals surface area contributed by atoms with Crippen LogP contribution in [0.2, 0.25) is 0 Å². The molecule has 2 aromatic rings. The molecule has 0 saturated carbocycles. The predicted molar refractivity (Wildman–Crippen MR) is 76.5 cm³/mol. The van der Waals surface area contributed by atoms with Gasteiger partial charge in [0.2, 0.25) is 0 Å². The summed E-state index contributed by atoms with van der Waals surface area (Å²) in [6.07, 6.45) is 0. The summed E-state index contributed by atoms with van der Waals surface area (Å²) in [4.78, 5) is 24.1. The van der Waals surface area contributed by atoms with Gasteiger partial charge in [0.1, 0.15) is 11.5 Å². The molecule has 0 unspecified atom stereocenters. The van der Waals surface area contributed by atoms with Crippen molar-refractivity contribution in [2.75, 3.05) is 18.6 Å². The summed E-state index contributed by atoms with van der Waals surface area (Å²) in [5.41, 5.74) is 5.77. The topological polar surface area (TPSA) is 87.5 Å². The van der Waals surface area contributed by atoms with Crippen molar-refractivity contribution in [3.05, 3.63) is 40.4 Å². The summed E-state index contributed by atoms with van der Waals surface area (Å²) >= 11 is 1.25. The SMILES string of the molecule is COc1cc(N)ccc1SCC(=O)n1oc(C)cc1=O. The van der Waals surface area contributed by atoms with Crippen molar-refractivity contribution >= 4 is 23.4 Å². The molecule has 0 bridgehead atoms. The summed E-state index contributed by atoms with van der Waals surface area (Å²) < 4.78 is 11.0. The second kappa shape index (κ2) is 5.87. The van der Waals surface area contributed by atoms with Crippen molar-refractivity contribution in [1.82, 2.24) is 4.74 Å². The van der Waals surface area contributed by atoms with Gasteiger partial charge in [-0.3, -0.25) is 9.59 Å². The third kappa shape index (κ3) is 3.05. The van der Waals surface area contributed by atoms with E-state index in [2.05, 4.69) is 0 Å². The first-order chi connectivity index (χ1) is 9.51. The fraction of sp³-hybridized carbons (Fsp3) is 0.231. The Morgan fingerprint density at radius 3 is 2.80 bits per heavy atom. The van der Waals surface area contributed by atoms with E-state index in [9.17, 15) is 9.59 Å². The van der Waals surface area contributed by atoms with Gasteiger partial charge in [-0.15, -0.1) is 16.5 Å². The lowest BCUT2D eigenvalue weighted by Crippen LogP contribution is -2.23. The quantitative estimate of drug-likeness (QED) is 0.683. The molecule has 2 rings (SSSR count). The van der Waals surface area contributed by atoms with Crippen molar-refractivity contribution < 1.29 is 14.1 Å². The molecule has 0 aliphatic rings. The van der Waals surface area contributed by atoms with Crippen molar-refractivity contribution in [2.45, 2.75) is 11.8 Å². The largest absolute Gasteiger partial charge is 0.496 e. The number of anilines is 1. The van der Waals surface area contributed by atoms with Crippen molar-refractivity contribution in [1.29, 1.82) is 0 Å². The lowest BCUT2D eigenvalue weighted by Gasteiger charge is -2.08. The van der Waals surface area contributed by atoms with E-state index in [4.69, 9.17) is 15.0 Å². The summed E-state index contributed by atoms with van der Waals surface area (Å²) in [7, 11) is 1.53. The smallest absolute Gasteiger partial charge is 0.290 e. The van der Waals surface area contributed by atoms with Crippen LogP contribution < -0.4 is 16.0 Å². The van der Waals surface area contributed by atoms with Gasteiger partial charge in [0, 0.05) is 22.7 Å². The third-order valence-electron chi connectivity index (χ3n) is 2.53. The highest BCUT2D eigenvalue weighted by Crippen LogP contribution is 2.30. The first-order valence-electron chi connectivity index (χ1n) is 5.80. The predicted octanol–water partition coefficient (Wildman–Crippen LogP) is 1.77. The maximum atomic E-state index is 11.9. The van der Waals surface area contributed by atoms with Crippen LogP contribution in [0.25, 0.3) is 0 Å². The van der Waals surface area contributed by atoms with Crippen molar-refractivity contribution in [3.63, 3.8) is 0 Å². The molecule has 7 heteroatoms. The summed E-state index contributed by atoms with van der Waals surface area (Å²) in [6, 6.07) is 6.43. The van der Waals surface area contributed by atoms with E-state index < -0.39 is 11.5 Å². The summed E-state index contributed by atoms with van der Waals surface area (Å²) in [5.74, 6) is 0.629. The second-order valence-corrected chi connectivity index (χ2v) is 5.09. The molecule has 0 aliphatic heterocycles. The lowest BCUT2D eigenvalue weighted by molar-refractivity contribution is 0.0813. The minimum atomic E-state index is -0.461. The van der Waals surface area contributed by atoms with Crippen LogP contribution in [0.15, 0.2) is 38.5 Å². The number of hydrogen-bond donors (Lipinski definition) is 1. The average molecular weight is 294 g/mol. The summed E-state index contributed by atoms with van der Waals surface area (Å²) in [6.45, 7) is 1.61. The van der Waals surface area contributed by atoms with Crippen molar-refractivity contribution in [2.24, 2.45) is 0 Å². The molecule has 20 heavy (non-hydrogen) atoms. The summed E-state index contributed by atoms with van der Waals surface area (Å²) in [5, 5.41) is 0. The van der Waals surface area contributed by atoms with E-state index in [1.807, 2.05) is 0 Å². The zero-order valence-electron chi connectivity index (χ0n) is 11.1. The molecule has 1 aromatic heterocycles. The van der Waals surface area contributed by atoms with Crippen LogP contribution in [-0.2, 0) is 0 Å². The Bertz CT molecular complexity index is 690. The third-order valence-corrected chi connectivity index (χ3v) is 3.57. The number of aryl methyl sites for hydroxylation is 1. The molecular weight excluding hydrogens is 280 g/mol. The number of methoxy groups -OCH3 is 1. The average Bonchev–Trinajstić information content (AvgIpc) is 2.76. The second-order valence-electron chi connectivity index (χ2n) is 4.07. The number of nitrogens with zero attached hydrogens (tertiary/aromatic N) is 1. The number of nitrogen functional groups attached to an aromatic ring is 1. The van der Waals surface area contributed by atoms with E-state index >= 15 is 0 Å².